The topological polar surface area (TPSA) is 76.0 Å². The Morgan fingerprint density at radius 3 is 1.78 bits per heavy atom. The predicted octanol–water partition coefficient (Wildman–Crippen LogP) is 2.75. The fraction of sp³-hybridized carbons (Fsp3) is 0.611. The van der Waals surface area contributed by atoms with Crippen LogP contribution in [0.1, 0.15) is 46.1 Å². The molecule has 0 aliphatic rings. The molecule has 2 atom stereocenters. The van der Waals surface area contributed by atoms with Crippen molar-refractivity contribution in [2.24, 2.45) is 0 Å². The molecule has 1 rings (SSSR count). The number of hydrogen-bond donors (Lipinski definition) is 2. The summed E-state index contributed by atoms with van der Waals surface area (Å²) in [6.07, 6.45) is 0.356. The van der Waals surface area contributed by atoms with Crippen molar-refractivity contribution in [3.8, 4) is 0 Å². The second-order valence-electron chi connectivity index (χ2n) is 4.85. The van der Waals surface area contributed by atoms with Crippen LogP contribution in [0.3, 0.4) is 0 Å². The van der Waals surface area contributed by atoms with E-state index in [4.69, 9.17) is 19.7 Å². The van der Waals surface area contributed by atoms with Crippen LogP contribution in [0.25, 0.3) is 0 Å². The van der Waals surface area contributed by atoms with Crippen LogP contribution in [0.2, 0.25) is 0 Å². The highest BCUT2D eigenvalue weighted by atomic mass is 16.7. The zero-order chi connectivity index (χ0) is 18.1. The standard InChI is InChI=1S/C9H10O.C6H14O2.C3H8O2/c1-8(7-10)9-5-3-2-4-6-9;1-4-7-6(3)8-5-2;1-3(5)2-4/h2-8H,1H3;6H,4-5H2,1-3H3;3-5H,2H2,1H3. The van der Waals surface area contributed by atoms with E-state index in [2.05, 4.69) is 0 Å². The molecule has 2 N–H and O–H groups in total. The second kappa shape index (κ2) is 17.1. The first-order valence-corrected chi connectivity index (χ1v) is 7.95. The Morgan fingerprint density at radius 2 is 1.48 bits per heavy atom. The Kier molecular flexibility index (Phi) is 17.8. The minimum atomic E-state index is -0.560. The maximum absolute atomic E-state index is 10.3. The lowest BCUT2D eigenvalue weighted by molar-refractivity contribution is -0.123. The molecule has 5 heteroatoms. The molecule has 1 aromatic carbocycles. The second-order valence-corrected chi connectivity index (χ2v) is 4.85. The molecule has 0 radical (unpaired) electrons. The highest BCUT2D eigenvalue weighted by Gasteiger charge is 1.99. The van der Waals surface area contributed by atoms with E-state index in [9.17, 15) is 4.79 Å². The van der Waals surface area contributed by atoms with Gasteiger partial charge >= 0.3 is 0 Å². The van der Waals surface area contributed by atoms with Gasteiger partial charge in [0.25, 0.3) is 0 Å². The third kappa shape index (κ3) is 16.9. The molecule has 0 heterocycles. The van der Waals surface area contributed by atoms with Crippen LogP contribution in [-0.4, -0.2) is 48.7 Å². The fourth-order valence-electron chi connectivity index (χ4n) is 1.35. The van der Waals surface area contributed by atoms with Crippen LogP contribution in [0.15, 0.2) is 30.3 Å². The van der Waals surface area contributed by atoms with E-state index in [-0.39, 0.29) is 18.8 Å². The van der Waals surface area contributed by atoms with Gasteiger partial charge in [0.2, 0.25) is 0 Å². The first kappa shape index (κ1) is 24.0. The molecule has 0 saturated heterocycles. The number of carbonyl (C=O) groups is 1. The number of rotatable bonds is 7. The molecule has 0 spiro atoms. The summed E-state index contributed by atoms with van der Waals surface area (Å²) in [4.78, 5) is 10.3. The van der Waals surface area contributed by atoms with Gasteiger partial charge in [-0.1, -0.05) is 37.3 Å². The first-order chi connectivity index (χ1) is 10.9. The summed E-state index contributed by atoms with van der Waals surface area (Å²) in [7, 11) is 0. The van der Waals surface area contributed by atoms with Gasteiger partial charge in [0.1, 0.15) is 6.29 Å². The van der Waals surface area contributed by atoms with Gasteiger partial charge in [-0.25, -0.2) is 0 Å². The Hall–Kier alpha value is -1.27. The van der Waals surface area contributed by atoms with Gasteiger partial charge in [-0.3, -0.25) is 0 Å². The van der Waals surface area contributed by atoms with E-state index < -0.39 is 6.10 Å². The number of carbonyl (C=O) groups excluding carboxylic acids is 1. The van der Waals surface area contributed by atoms with E-state index in [1.165, 1.54) is 6.92 Å². The van der Waals surface area contributed by atoms with Crippen LogP contribution < -0.4 is 0 Å². The number of benzene rings is 1. The molecule has 0 saturated carbocycles. The largest absolute Gasteiger partial charge is 0.394 e. The summed E-state index contributed by atoms with van der Waals surface area (Å²) >= 11 is 0. The van der Waals surface area contributed by atoms with Crippen molar-refractivity contribution >= 4 is 6.29 Å². The molecular weight excluding hydrogens is 296 g/mol. The fourth-order valence-corrected chi connectivity index (χ4v) is 1.35. The van der Waals surface area contributed by atoms with Gasteiger partial charge in [0.15, 0.2) is 6.29 Å². The number of ether oxygens (including phenoxy) is 2. The van der Waals surface area contributed by atoms with Crippen molar-refractivity contribution in [1.82, 2.24) is 0 Å². The lowest BCUT2D eigenvalue weighted by Gasteiger charge is -2.09. The summed E-state index contributed by atoms with van der Waals surface area (Å²) in [5.74, 6) is 0.0289. The number of aliphatic hydroxyl groups is 2. The predicted molar refractivity (Wildman–Crippen MR) is 92.4 cm³/mol. The molecule has 134 valence electrons. The van der Waals surface area contributed by atoms with E-state index >= 15 is 0 Å². The zero-order valence-electron chi connectivity index (χ0n) is 14.9. The zero-order valence-corrected chi connectivity index (χ0v) is 14.9. The van der Waals surface area contributed by atoms with Crippen LogP contribution in [-0.2, 0) is 14.3 Å². The maximum atomic E-state index is 10.3. The monoisotopic (exact) mass is 328 g/mol. The number of aldehydes is 1. The van der Waals surface area contributed by atoms with Crippen LogP contribution in [0.5, 0.6) is 0 Å². The third-order valence-electron chi connectivity index (χ3n) is 2.60. The Morgan fingerprint density at radius 1 is 1.04 bits per heavy atom. The molecule has 2 unspecified atom stereocenters. The Balaban J connectivity index is 0. The minimum Gasteiger partial charge on any atom is -0.394 e. The molecule has 0 aliphatic carbocycles. The molecule has 0 aliphatic heterocycles. The number of aliphatic hydroxyl groups excluding tert-OH is 2. The van der Waals surface area contributed by atoms with Crippen LogP contribution in [0.4, 0.5) is 0 Å². The summed E-state index contributed by atoms with van der Waals surface area (Å²) in [6, 6.07) is 9.74. The van der Waals surface area contributed by atoms with Gasteiger partial charge in [-0.05, 0) is 33.3 Å². The lowest BCUT2D eigenvalue weighted by atomic mass is 10.0. The highest BCUT2D eigenvalue weighted by molar-refractivity contribution is 5.61. The molecule has 5 nitrogen and oxygen atoms in total. The molecule has 0 aromatic heterocycles. The smallest absolute Gasteiger partial charge is 0.154 e. The van der Waals surface area contributed by atoms with E-state index in [1.54, 1.807) is 0 Å². The van der Waals surface area contributed by atoms with Crippen molar-refractivity contribution in [3.63, 3.8) is 0 Å². The maximum Gasteiger partial charge on any atom is 0.154 e. The average Bonchev–Trinajstić information content (AvgIpc) is 2.56. The SMILES string of the molecule is CC(C=O)c1ccccc1.CC(O)CO.CCOC(C)OCC. The lowest BCUT2D eigenvalue weighted by Crippen LogP contribution is -2.11. The van der Waals surface area contributed by atoms with Crippen molar-refractivity contribution in [1.29, 1.82) is 0 Å². The van der Waals surface area contributed by atoms with E-state index in [1.807, 2.05) is 58.0 Å². The van der Waals surface area contributed by atoms with Gasteiger partial charge in [-0.15, -0.1) is 0 Å². The highest BCUT2D eigenvalue weighted by Crippen LogP contribution is 2.10. The quantitative estimate of drug-likeness (QED) is 0.594. The summed E-state index contributed by atoms with van der Waals surface area (Å²) in [5.41, 5.74) is 1.08. The molecular formula is C18H32O5. The molecule has 23 heavy (non-hydrogen) atoms. The first-order valence-electron chi connectivity index (χ1n) is 7.95. The molecule has 0 fully saturated rings. The molecule has 0 amide bonds. The van der Waals surface area contributed by atoms with Crippen molar-refractivity contribution in [2.75, 3.05) is 19.8 Å². The summed E-state index contributed by atoms with van der Waals surface area (Å²) in [6.45, 7) is 10.5. The van der Waals surface area contributed by atoms with Crippen molar-refractivity contribution < 1.29 is 24.5 Å². The van der Waals surface area contributed by atoms with Gasteiger partial charge in [-0.2, -0.15) is 0 Å². The number of hydrogen-bond acceptors (Lipinski definition) is 5. The van der Waals surface area contributed by atoms with E-state index in [0.717, 1.165) is 25.1 Å². The molecule has 0 bridgehead atoms. The van der Waals surface area contributed by atoms with Gasteiger partial charge < -0.3 is 24.5 Å². The Labute approximate surface area is 140 Å². The van der Waals surface area contributed by atoms with Gasteiger partial charge in [0, 0.05) is 19.1 Å². The van der Waals surface area contributed by atoms with Crippen LogP contribution in [0, 0.1) is 0 Å². The normalized spacial score (nSPS) is 12.3. The Bertz CT molecular complexity index is 348. The molecule has 1 aromatic rings. The van der Waals surface area contributed by atoms with Gasteiger partial charge in [0.05, 0.1) is 12.7 Å². The summed E-state index contributed by atoms with van der Waals surface area (Å²) in [5, 5.41) is 16.0. The van der Waals surface area contributed by atoms with E-state index in [0.29, 0.717) is 0 Å². The van der Waals surface area contributed by atoms with Crippen LogP contribution >= 0.6 is 0 Å². The average molecular weight is 328 g/mol. The summed E-state index contributed by atoms with van der Waals surface area (Å²) < 4.78 is 10.1. The van der Waals surface area contributed by atoms with Crippen molar-refractivity contribution in [3.05, 3.63) is 35.9 Å². The third-order valence-corrected chi connectivity index (χ3v) is 2.60. The minimum absolute atomic E-state index is 0.0289. The van der Waals surface area contributed by atoms with Crippen molar-refractivity contribution in [2.45, 2.75) is 52.9 Å².